The van der Waals surface area contributed by atoms with E-state index >= 15 is 0 Å². The van der Waals surface area contributed by atoms with E-state index in [-0.39, 0.29) is 0 Å². The van der Waals surface area contributed by atoms with Gasteiger partial charge in [0.15, 0.2) is 0 Å². The predicted octanol–water partition coefficient (Wildman–Crippen LogP) is 0.953. The first-order chi connectivity index (χ1) is 8.17. The second-order valence-electron chi connectivity index (χ2n) is 3.46. The van der Waals surface area contributed by atoms with Crippen LogP contribution in [0.2, 0.25) is 0 Å². The van der Waals surface area contributed by atoms with Crippen LogP contribution in [-0.2, 0) is 9.53 Å². The molecule has 0 unspecified atom stereocenters. The van der Waals surface area contributed by atoms with Crippen molar-refractivity contribution < 1.29 is 19.1 Å². The Labute approximate surface area is 98.0 Å². The fourth-order valence-electron chi connectivity index (χ4n) is 1.67. The van der Waals surface area contributed by atoms with Crippen LogP contribution in [0.15, 0.2) is 24.5 Å². The van der Waals surface area contributed by atoms with E-state index in [1.54, 1.807) is 18.2 Å². The molecule has 1 aromatic rings. The van der Waals surface area contributed by atoms with Gasteiger partial charge < -0.3 is 9.47 Å². The molecule has 0 saturated carbocycles. The zero-order valence-corrected chi connectivity index (χ0v) is 9.44. The van der Waals surface area contributed by atoms with Crippen molar-refractivity contribution in [3.63, 3.8) is 0 Å². The van der Waals surface area contributed by atoms with Gasteiger partial charge in [-0.3, -0.25) is 14.9 Å². The number of hydrogen-bond donors (Lipinski definition) is 1. The molecule has 0 atom stereocenters. The van der Waals surface area contributed by atoms with Gasteiger partial charge in [-0.15, -0.1) is 0 Å². The lowest BCUT2D eigenvalue weighted by molar-refractivity contribution is -0.114. The summed E-state index contributed by atoms with van der Waals surface area (Å²) in [6, 6.07) is 4.91. The molecule has 2 amide bonds. The van der Waals surface area contributed by atoms with Crippen molar-refractivity contribution >= 4 is 17.4 Å². The van der Waals surface area contributed by atoms with Crippen molar-refractivity contribution in [2.75, 3.05) is 14.2 Å². The van der Waals surface area contributed by atoms with E-state index in [2.05, 4.69) is 5.32 Å². The highest BCUT2D eigenvalue weighted by Gasteiger charge is 2.27. The van der Waals surface area contributed by atoms with Crippen LogP contribution >= 0.6 is 0 Å². The zero-order chi connectivity index (χ0) is 12.4. The Bertz CT molecular complexity index is 519. The Morgan fingerprint density at radius 1 is 1.12 bits per heavy atom. The maximum absolute atomic E-state index is 11.6. The molecular formula is C12H11NO4. The van der Waals surface area contributed by atoms with Crippen LogP contribution in [0.25, 0.3) is 5.57 Å². The average molecular weight is 233 g/mol. The summed E-state index contributed by atoms with van der Waals surface area (Å²) in [5.74, 6) is -0.313. The fourth-order valence-corrected chi connectivity index (χ4v) is 1.67. The second kappa shape index (κ2) is 4.29. The second-order valence-corrected chi connectivity index (χ2v) is 3.46. The maximum atomic E-state index is 11.6. The number of ether oxygens (including phenoxy) is 2. The first-order valence-corrected chi connectivity index (χ1v) is 4.94. The molecule has 1 heterocycles. The molecule has 1 N–H and O–H groups in total. The number of imide groups is 1. The monoisotopic (exact) mass is 233 g/mol. The van der Waals surface area contributed by atoms with Gasteiger partial charge in [0.1, 0.15) is 5.75 Å². The molecular weight excluding hydrogens is 222 g/mol. The third kappa shape index (κ3) is 1.87. The van der Waals surface area contributed by atoms with Gasteiger partial charge in [0.25, 0.3) is 11.8 Å². The van der Waals surface area contributed by atoms with E-state index in [9.17, 15) is 9.59 Å². The standard InChI is InChI=1S/C12H11NO4/c1-16-6-10-9-5-7(17-2)3-4-8(9)11(14)13-12(10)15/h3-6H,1-2H3,(H,13,14,15)/b10-6-. The van der Waals surface area contributed by atoms with E-state index in [1.807, 2.05) is 0 Å². The maximum Gasteiger partial charge on any atom is 0.261 e. The molecule has 0 radical (unpaired) electrons. The predicted molar refractivity (Wildman–Crippen MR) is 60.5 cm³/mol. The van der Waals surface area contributed by atoms with E-state index in [4.69, 9.17) is 9.47 Å². The SMILES string of the molecule is CO/C=C1\C(=O)NC(=O)c2ccc(OC)cc21. The van der Waals surface area contributed by atoms with E-state index in [0.29, 0.717) is 22.4 Å². The molecule has 1 aromatic carbocycles. The normalized spacial score (nSPS) is 16.5. The summed E-state index contributed by atoms with van der Waals surface area (Å²) in [5.41, 5.74) is 1.25. The summed E-state index contributed by atoms with van der Waals surface area (Å²) in [7, 11) is 2.96. The lowest BCUT2D eigenvalue weighted by atomic mass is 9.95. The van der Waals surface area contributed by atoms with Gasteiger partial charge >= 0.3 is 0 Å². The van der Waals surface area contributed by atoms with Gasteiger partial charge in [0.05, 0.1) is 26.1 Å². The van der Waals surface area contributed by atoms with Crippen LogP contribution in [0.1, 0.15) is 15.9 Å². The van der Waals surface area contributed by atoms with Gasteiger partial charge in [-0.05, 0) is 18.2 Å². The van der Waals surface area contributed by atoms with Gasteiger partial charge in [0.2, 0.25) is 0 Å². The van der Waals surface area contributed by atoms with Gasteiger partial charge in [-0.2, -0.15) is 0 Å². The number of nitrogens with one attached hydrogen (secondary N) is 1. The summed E-state index contributed by atoms with van der Waals surface area (Å²) in [4.78, 5) is 23.2. The fraction of sp³-hybridized carbons (Fsp3) is 0.167. The number of carbonyl (C=O) groups excluding carboxylic acids is 2. The Kier molecular flexibility index (Phi) is 2.82. The van der Waals surface area contributed by atoms with E-state index in [1.165, 1.54) is 20.5 Å². The summed E-state index contributed by atoms with van der Waals surface area (Å²) < 4.78 is 9.91. The molecule has 17 heavy (non-hydrogen) atoms. The lowest BCUT2D eigenvalue weighted by Gasteiger charge is -2.18. The number of benzene rings is 1. The Morgan fingerprint density at radius 2 is 1.88 bits per heavy atom. The third-order valence-corrected chi connectivity index (χ3v) is 2.47. The van der Waals surface area contributed by atoms with Crippen LogP contribution < -0.4 is 10.1 Å². The number of hydrogen-bond acceptors (Lipinski definition) is 4. The molecule has 0 aromatic heterocycles. The first kappa shape index (κ1) is 11.2. The molecule has 0 bridgehead atoms. The Balaban J connectivity index is 2.62. The summed E-state index contributed by atoms with van der Waals surface area (Å²) in [6.45, 7) is 0. The lowest BCUT2D eigenvalue weighted by Crippen LogP contribution is -2.36. The number of rotatable bonds is 2. The van der Waals surface area contributed by atoms with Crippen molar-refractivity contribution in [1.82, 2.24) is 5.32 Å². The van der Waals surface area contributed by atoms with Crippen LogP contribution in [0.5, 0.6) is 5.75 Å². The topological polar surface area (TPSA) is 64.6 Å². The van der Waals surface area contributed by atoms with Crippen LogP contribution in [0.3, 0.4) is 0 Å². The molecule has 2 rings (SSSR count). The molecule has 0 saturated heterocycles. The van der Waals surface area contributed by atoms with Crippen molar-refractivity contribution in [2.24, 2.45) is 0 Å². The summed E-state index contributed by atoms with van der Waals surface area (Å²) in [5, 5.41) is 2.24. The van der Waals surface area contributed by atoms with Crippen molar-refractivity contribution in [3.05, 3.63) is 35.6 Å². The van der Waals surface area contributed by atoms with Crippen LogP contribution in [-0.4, -0.2) is 26.0 Å². The van der Waals surface area contributed by atoms with Crippen molar-refractivity contribution in [2.45, 2.75) is 0 Å². The smallest absolute Gasteiger partial charge is 0.261 e. The van der Waals surface area contributed by atoms with E-state index in [0.717, 1.165) is 0 Å². The number of amides is 2. The highest BCUT2D eigenvalue weighted by atomic mass is 16.5. The number of methoxy groups -OCH3 is 2. The molecule has 0 aliphatic carbocycles. The summed E-state index contributed by atoms with van der Waals surface area (Å²) in [6.07, 6.45) is 1.31. The summed E-state index contributed by atoms with van der Waals surface area (Å²) >= 11 is 0. The molecule has 0 spiro atoms. The minimum absolute atomic E-state index is 0.306. The molecule has 1 aliphatic heterocycles. The van der Waals surface area contributed by atoms with E-state index < -0.39 is 11.8 Å². The highest BCUT2D eigenvalue weighted by Crippen LogP contribution is 2.27. The number of fused-ring (bicyclic) bond motifs is 1. The Hall–Kier alpha value is -2.30. The average Bonchev–Trinajstić information content (AvgIpc) is 2.33. The molecule has 1 aliphatic rings. The minimum Gasteiger partial charge on any atom is -0.504 e. The third-order valence-electron chi connectivity index (χ3n) is 2.47. The van der Waals surface area contributed by atoms with Crippen LogP contribution in [0.4, 0.5) is 0 Å². The van der Waals surface area contributed by atoms with Crippen LogP contribution in [0, 0.1) is 0 Å². The zero-order valence-electron chi connectivity index (χ0n) is 9.44. The number of carbonyl (C=O) groups is 2. The molecule has 5 heteroatoms. The molecule has 88 valence electrons. The van der Waals surface area contributed by atoms with Crippen molar-refractivity contribution in [1.29, 1.82) is 0 Å². The van der Waals surface area contributed by atoms with Gasteiger partial charge in [-0.25, -0.2) is 0 Å². The quantitative estimate of drug-likeness (QED) is 0.469. The molecule has 0 fully saturated rings. The largest absolute Gasteiger partial charge is 0.504 e. The first-order valence-electron chi connectivity index (χ1n) is 4.94. The van der Waals surface area contributed by atoms with Gasteiger partial charge in [-0.1, -0.05) is 0 Å². The molecule has 5 nitrogen and oxygen atoms in total. The minimum atomic E-state index is -0.474. The Morgan fingerprint density at radius 3 is 2.53 bits per heavy atom. The highest BCUT2D eigenvalue weighted by molar-refractivity contribution is 6.30. The van der Waals surface area contributed by atoms with Gasteiger partial charge in [0, 0.05) is 11.1 Å². The van der Waals surface area contributed by atoms with Crippen molar-refractivity contribution in [3.8, 4) is 5.75 Å².